The predicted molar refractivity (Wildman–Crippen MR) is 171 cm³/mol. The van der Waals surface area contributed by atoms with Crippen LogP contribution >= 0.6 is 23.5 Å². The number of benzene rings is 1. The second-order valence-corrected chi connectivity index (χ2v) is 13.0. The molecule has 6 N–H and O–H groups in total. The van der Waals surface area contributed by atoms with Gasteiger partial charge in [-0.25, -0.2) is 0 Å². The van der Waals surface area contributed by atoms with Gasteiger partial charge in [0.1, 0.15) is 18.1 Å². The molecule has 0 saturated carbocycles. The number of amides is 4. The minimum Gasteiger partial charge on any atom is -0.400 e. The van der Waals surface area contributed by atoms with E-state index in [2.05, 4.69) is 39.5 Å². The number of thioether (sulfide) groups is 2. The van der Waals surface area contributed by atoms with Crippen molar-refractivity contribution in [3.8, 4) is 0 Å². The molecule has 12 heteroatoms. The van der Waals surface area contributed by atoms with Gasteiger partial charge in [0, 0.05) is 43.1 Å². The first-order chi connectivity index (χ1) is 20.0. The molecule has 10 nitrogen and oxygen atoms in total. The fourth-order valence-corrected chi connectivity index (χ4v) is 5.98. The topological polar surface area (TPSA) is 157 Å². The zero-order chi connectivity index (χ0) is 31.7. The summed E-state index contributed by atoms with van der Waals surface area (Å²) in [7, 11) is 1.00. The van der Waals surface area contributed by atoms with E-state index >= 15 is 0 Å². The summed E-state index contributed by atoms with van der Waals surface area (Å²) in [5, 5.41) is 28.5. The first-order valence-electron chi connectivity index (χ1n) is 14.6. The molecule has 0 saturated heterocycles. The third kappa shape index (κ3) is 13.8. The van der Waals surface area contributed by atoms with Gasteiger partial charge in [-0.15, -0.1) is 0 Å². The second-order valence-electron chi connectivity index (χ2n) is 10.8. The minimum atomic E-state index is -1.21. The van der Waals surface area contributed by atoms with E-state index in [4.69, 9.17) is 5.11 Å². The number of rotatable bonds is 5. The molecule has 5 atom stereocenters. The average Bonchev–Trinajstić information content (AvgIpc) is 2.96. The molecular weight excluding hydrogens is 576 g/mol. The molecule has 1 aliphatic heterocycles. The summed E-state index contributed by atoms with van der Waals surface area (Å²) < 4.78 is 0. The van der Waals surface area contributed by atoms with Crippen molar-refractivity contribution in [1.82, 2.24) is 21.3 Å². The van der Waals surface area contributed by atoms with Gasteiger partial charge >= 0.3 is 0 Å². The van der Waals surface area contributed by atoms with E-state index in [1.54, 1.807) is 23.5 Å². The van der Waals surface area contributed by atoms with E-state index in [9.17, 15) is 24.3 Å². The van der Waals surface area contributed by atoms with Crippen LogP contribution in [0.15, 0.2) is 24.3 Å². The summed E-state index contributed by atoms with van der Waals surface area (Å²) in [6.45, 7) is 9.62. The van der Waals surface area contributed by atoms with Crippen LogP contribution in [0.3, 0.4) is 0 Å². The summed E-state index contributed by atoms with van der Waals surface area (Å²) in [5.74, 6) is 1.10. The Hall–Kier alpha value is -2.28. The number of hydrogen-bond acceptors (Lipinski definition) is 8. The third-order valence-electron chi connectivity index (χ3n) is 6.76. The highest BCUT2D eigenvalue weighted by Crippen LogP contribution is 2.18. The van der Waals surface area contributed by atoms with Crippen molar-refractivity contribution >= 4 is 47.2 Å². The highest BCUT2D eigenvalue weighted by Gasteiger charge is 2.33. The fraction of sp³-hybridized carbons (Fsp3) is 0.667. The molecular formula is C30H50N4O6S2. The molecule has 1 aromatic carbocycles. The number of carbonyl (C=O) groups is 4. The monoisotopic (exact) mass is 626 g/mol. The summed E-state index contributed by atoms with van der Waals surface area (Å²) in [4.78, 5) is 52.3. The first kappa shape index (κ1) is 37.7. The van der Waals surface area contributed by atoms with Gasteiger partial charge < -0.3 is 31.5 Å². The number of carbonyl (C=O) groups excluding carboxylic acids is 4. The molecule has 42 heavy (non-hydrogen) atoms. The van der Waals surface area contributed by atoms with Crippen LogP contribution in [0, 0.1) is 11.8 Å². The number of hydrogen-bond donors (Lipinski definition) is 6. The average molecular weight is 627 g/mol. The van der Waals surface area contributed by atoms with E-state index in [1.165, 1.54) is 18.1 Å². The fourth-order valence-electron chi connectivity index (χ4n) is 4.28. The van der Waals surface area contributed by atoms with Crippen molar-refractivity contribution < 1.29 is 29.4 Å². The smallest absolute Gasteiger partial charge is 0.245 e. The molecule has 1 aliphatic rings. The van der Waals surface area contributed by atoms with Crippen LogP contribution in [0.5, 0.6) is 0 Å². The van der Waals surface area contributed by atoms with Crippen LogP contribution in [0.2, 0.25) is 0 Å². The predicted octanol–water partition coefficient (Wildman–Crippen LogP) is 2.21. The van der Waals surface area contributed by atoms with Gasteiger partial charge in [0.15, 0.2) is 0 Å². The summed E-state index contributed by atoms with van der Waals surface area (Å²) in [5.41, 5.74) is 2.37. The molecule has 0 fully saturated rings. The second kappa shape index (κ2) is 20.6. The zero-order valence-corrected chi connectivity index (χ0v) is 27.4. The van der Waals surface area contributed by atoms with E-state index in [0.717, 1.165) is 24.4 Å². The Labute approximate surface area is 259 Å². The maximum atomic E-state index is 13.4. The van der Waals surface area contributed by atoms with Gasteiger partial charge in [0.2, 0.25) is 23.6 Å². The van der Waals surface area contributed by atoms with Gasteiger partial charge in [0.05, 0.1) is 6.10 Å². The van der Waals surface area contributed by atoms with Crippen LogP contribution in [0.25, 0.3) is 0 Å². The first-order valence-corrected chi connectivity index (χ1v) is 16.9. The Morgan fingerprint density at radius 1 is 0.857 bits per heavy atom. The summed E-state index contributed by atoms with van der Waals surface area (Å²) in [6.07, 6.45) is 0.0433. The highest BCUT2D eigenvalue weighted by molar-refractivity contribution is 7.98. The van der Waals surface area contributed by atoms with E-state index < -0.39 is 36.0 Å². The normalized spacial score (nSPS) is 23.4. The van der Waals surface area contributed by atoms with Gasteiger partial charge in [-0.2, -0.15) is 23.5 Å². The Morgan fingerprint density at radius 2 is 1.48 bits per heavy atom. The van der Waals surface area contributed by atoms with Crippen LogP contribution in [-0.2, 0) is 30.7 Å². The Balaban J connectivity index is 0.00000431. The quantitative estimate of drug-likeness (QED) is 0.291. The van der Waals surface area contributed by atoms with Gasteiger partial charge in [-0.3, -0.25) is 19.2 Å². The van der Waals surface area contributed by atoms with Crippen LogP contribution in [-0.4, -0.2) is 83.2 Å². The maximum absolute atomic E-state index is 13.4. The van der Waals surface area contributed by atoms with Crippen LogP contribution in [0.1, 0.15) is 65.0 Å². The molecule has 0 spiro atoms. The lowest BCUT2D eigenvalue weighted by atomic mass is 9.96. The highest BCUT2D eigenvalue weighted by atomic mass is 32.2. The third-order valence-corrected chi connectivity index (χ3v) is 8.82. The van der Waals surface area contributed by atoms with Crippen molar-refractivity contribution in [2.45, 2.75) is 89.6 Å². The molecule has 2 rings (SSSR count). The lowest BCUT2D eigenvalue weighted by Gasteiger charge is -2.29. The minimum absolute atomic E-state index is 0.0682. The van der Waals surface area contributed by atoms with E-state index in [0.29, 0.717) is 25.1 Å². The molecule has 0 aromatic heterocycles. The summed E-state index contributed by atoms with van der Waals surface area (Å²) >= 11 is 3.35. The van der Waals surface area contributed by atoms with E-state index in [-0.39, 0.29) is 30.1 Å². The molecule has 1 aromatic rings. The van der Waals surface area contributed by atoms with Crippen molar-refractivity contribution in [1.29, 1.82) is 0 Å². The molecule has 0 aliphatic carbocycles. The van der Waals surface area contributed by atoms with Crippen molar-refractivity contribution in [3.05, 3.63) is 35.4 Å². The SMILES string of the molecule is CC[C@H](C)[C@@H]1NC(=O)[C@H](CC(C)C)NC(=O)[C@H]([C@@H](C)O)NC(=O)CCSCc2cccc(c2)CSCCNC1=O.CO. The van der Waals surface area contributed by atoms with Crippen molar-refractivity contribution in [3.63, 3.8) is 0 Å². The largest absolute Gasteiger partial charge is 0.400 e. The van der Waals surface area contributed by atoms with E-state index in [1.807, 2.05) is 33.8 Å². The number of nitrogens with one attached hydrogen (secondary N) is 4. The number of fused-ring (bicyclic) bond motifs is 2. The molecule has 0 radical (unpaired) electrons. The summed E-state index contributed by atoms with van der Waals surface area (Å²) in [6, 6.07) is 5.42. The number of aliphatic hydroxyl groups is 2. The molecule has 2 bridgehead atoms. The molecule has 4 amide bonds. The number of aliphatic hydroxyl groups excluding tert-OH is 2. The van der Waals surface area contributed by atoms with Gasteiger partial charge in [0.25, 0.3) is 0 Å². The van der Waals surface area contributed by atoms with Gasteiger partial charge in [-0.05, 0) is 36.3 Å². The molecule has 238 valence electrons. The Bertz CT molecular complexity index is 994. The standard InChI is InChI=1S/C29H46N4O5S2.CH4O/c1-6-19(4)25-28(37)30-11-13-40-17-22-9-7-8-21(15-22)16-39-12-10-24(35)32-26(20(5)34)29(38)31-23(14-18(2)3)27(36)33-25;1-2/h7-9,15,18-20,23,25-26,34H,6,10-14,16-17H2,1-5H3,(H,30,37)(H,31,38)(H,32,35)(H,33,36);2H,1H3/t19-,20+,23-,25-,26-;/m0./s1. The molecule has 1 heterocycles. The lowest BCUT2D eigenvalue weighted by Crippen LogP contribution is -2.59. The Kier molecular flexibility index (Phi) is 18.5. The maximum Gasteiger partial charge on any atom is 0.245 e. The van der Waals surface area contributed by atoms with Crippen LogP contribution in [0.4, 0.5) is 0 Å². The van der Waals surface area contributed by atoms with Crippen molar-refractivity contribution in [2.24, 2.45) is 11.8 Å². The van der Waals surface area contributed by atoms with Crippen molar-refractivity contribution in [2.75, 3.05) is 25.2 Å². The van der Waals surface area contributed by atoms with Gasteiger partial charge in [-0.1, -0.05) is 58.4 Å². The Morgan fingerprint density at radius 3 is 2.05 bits per heavy atom. The lowest BCUT2D eigenvalue weighted by molar-refractivity contribution is -0.135. The van der Waals surface area contributed by atoms with Crippen LogP contribution < -0.4 is 21.3 Å². The zero-order valence-electron chi connectivity index (χ0n) is 25.8. The molecule has 0 unspecified atom stereocenters.